The molecule has 2 aromatic rings. The summed E-state index contributed by atoms with van der Waals surface area (Å²) in [4.78, 5) is 23.8. The third kappa shape index (κ3) is 2.71. The second-order valence-electron chi connectivity index (χ2n) is 5.35. The van der Waals surface area contributed by atoms with Gasteiger partial charge in [-0.1, -0.05) is 28.1 Å². The van der Waals surface area contributed by atoms with Crippen molar-refractivity contribution in [1.82, 2.24) is 5.32 Å². The van der Waals surface area contributed by atoms with Gasteiger partial charge in [0.1, 0.15) is 0 Å². The van der Waals surface area contributed by atoms with Crippen molar-refractivity contribution in [3.05, 3.63) is 46.4 Å². The van der Waals surface area contributed by atoms with Crippen molar-refractivity contribution in [2.24, 2.45) is 0 Å². The number of carboxylic acid groups (broad SMARTS) is 1. The molecule has 1 saturated heterocycles. The molecule has 0 saturated carbocycles. The van der Waals surface area contributed by atoms with Crippen LogP contribution in [0.2, 0.25) is 0 Å². The summed E-state index contributed by atoms with van der Waals surface area (Å²) in [5.74, 6) is -1.47. The number of halogens is 1. The molecular weight excluding hydrogens is 350 g/mol. The highest BCUT2D eigenvalue weighted by molar-refractivity contribution is 9.10. The van der Waals surface area contributed by atoms with Crippen LogP contribution in [0.5, 0.6) is 0 Å². The fourth-order valence-corrected chi connectivity index (χ4v) is 2.91. The van der Waals surface area contributed by atoms with Crippen LogP contribution < -0.4 is 5.32 Å². The molecule has 3 rings (SSSR count). The number of carbonyl (C=O) groups excluding carboxylic acids is 1. The van der Waals surface area contributed by atoms with Crippen molar-refractivity contribution in [3.63, 3.8) is 0 Å². The number of ether oxygens (including phenoxy) is 1. The number of benzene rings is 2. The van der Waals surface area contributed by atoms with Gasteiger partial charge in [0.25, 0.3) is 5.91 Å². The zero-order chi connectivity index (χ0) is 15.7. The third-order valence-electron chi connectivity index (χ3n) is 3.85. The predicted octanol–water partition coefficient (Wildman–Crippen LogP) is 2.58. The molecule has 1 aliphatic heterocycles. The molecule has 2 aromatic carbocycles. The summed E-state index contributed by atoms with van der Waals surface area (Å²) in [5.41, 5.74) is -0.895. The van der Waals surface area contributed by atoms with Crippen LogP contribution in [0.15, 0.2) is 40.9 Å². The Balaban J connectivity index is 1.88. The molecular formula is C16H14BrNO4. The lowest BCUT2D eigenvalue weighted by atomic mass is 9.98. The van der Waals surface area contributed by atoms with Gasteiger partial charge in [-0.3, -0.25) is 4.79 Å². The highest BCUT2D eigenvalue weighted by Crippen LogP contribution is 2.23. The topological polar surface area (TPSA) is 75.6 Å². The maximum absolute atomic E-state index is 12.4. The van der Waals surface area contributed by atoms with Crippen molar-refractivity contribution < 1.29 is 19.4 Å². The Morgan fingerprint density at radius 1 is 1.18 bits per heavy atom. The first-order valence-corrected chi connectivity index (χ1v) is 7.62. The van der Waals surface area contributed by atoms with Crippen LogP contribution in [-0.4, -0.2) is 35.7 Å². The number of amides is 1. The Morgan fingerprint density at radius 2 is 1.91 bits per heavy atom. The van der Waals surface area contributed by atoms with Crippen molar-refractivity contribution in [2.45, 2.75) is 12.0 Å². The number of carboxylic acids is 1. The maximum atomic E-state index is 12.4. The van der Waals surface area contributed by atoms with E-state index in [9.17, 15) is 14.7 Å². The number of nitrogens with one attached hydrogen (secondary N) is 1. The lowest BCUT2D eigenvalue weighted by Gasteiger charge is -2.23. The zero-order valence-corrected chi connectivity index (χ0v) is 13.2. The smallest absolute Gasteiger partial charge is 0.331 e. The summed E-state index contributed by atoms with van der Waals surface area (Å²) in [7, 11) is 0. The van der Waals surface area contributed by atoms with Gasteiger partial charge in [0, 0.05) is 23.1 Å². The molecule has 22 heavy (non-hydrogen) atoms. The average molecular weight is 364 g/mol. The van der Waals surface area contributed by atoms with Gasteiger partial charge in [-0.15, -0.1) is 0 Å². The summed E-state index contributed by atoms with van der Waals surface area (Å²) in [6, 6.07) is 11.0. The largest absolute Gasteiger partial charge is 0.479 e. The fourth-order valence-electron chi connectivity index (χ4n) is 2.53. The molecule has 6 heteroatoms. The van der Waals surface area contributed by atoms with Crippen molar-refractivity contribution in [1.29, 1.82) is 0 Å². The van der Waals surface area contributed by atoms with Gasteiger partial charge >= 0.3 is 5.97 Å². The standard InChI is InChI=1S/C16H14BrNO4/c17-13-4-3-10-7-12(2-1-11(10)8-13)14(19)18-16(15(20)21)5-6-22-9-16/h1-4,7-8H,5-6,9H2,(H,18,19)(H,20,21). The Bertz CT molecular complexity index is 753. The monoisotopic (exact) mass is 363 g/mol. The van der Waals surface area contributed by atoms with Gasteiger partial charge in [-0.2, -0.15) is 0 Å². The summed E-state index contributed by atoms with van der Waals surface area (Å²) in [6.07, 6.45) is 0.272. The van der Waals surface area contributed by atoms with Gasteiger partial charge in [-0.05, 0) is 35.0 Å². The quantitative estimate of drug-likeness (QED) is 0.878. The molecule has 2 N–H and O–H groups in total. The minimum atomic E-state index is -1.33. The van der Waals surface area contributed by atoms with Crippen molar-refractivity contribution >= 4 is 38.6 Å². The van der Waals surface area contributed by atoms with E-state index in [2.05, 4.69) is 21.2 Å². The van der Waals surface area contributed by atoms with Crippen LogP contribution in [0.3, 0.4) is 0 Å². The molecule has 1 amide bonds. The number of rotatable bonds is 3. The van der Waals surface area contributed by atoms with Crippen LogP contribution in [0.1, 0.15) is 16.8 Å². The van der Waals surface area contributed by atoms with Crippen LogP contribution >= 0.6 is 15.9 Å². The van der Waals surface area contributed by atoms with Gasteiger partial charge in [0.2, 0.25) is 0 Å². The van der Waals surface area contributed by atoms with E-state index in [1.165, 1.54) is 0 Å². The first-order chi connectivity index (χ1) is 10.5. The average Bonchev–Trinajstić information content (AvgIpc) is 2.96. The number of carbonyl (C=O) groups is 2. The number of hydrogen-bond acceptors (Lipinski definition) is 3. The molecule has 0 radical (unpaired) electrons. The van der Waals surface area contributed by atoms with Gasteiger partial charge in [-0.25, -0.2) is 4.79 Å². The molecule has 1 atom stereocenters. The molecule has 0 spiro atoms. The molecule has 114 valence electrons. The minimum Gasteiger partial charge on any atom is -0.479 e. The van der Waals surface area contributed by atoms with E-state index < -0.39 is 17.4 Å². The molecule has 1 aliphatic rings. The SMILES string of the molecule is O=C(NC1(C(=O)O)CCOC1)c1ccc2cc(Br)ccc2c1. The lowest BCUT2D eigenvalue weighted by Crippen LogP contribution is -2.55. The summed E-state index contributed by atoms with van der Waals surface area (Å²) in [6.45, 7) is 0.326. The zero-order valence-electron chi connectivity index (χ0n) is 11.6. The Kier molecular flexibility index (Phi) is 3.88. The molecule has 1 unspecified atom stereocenters. The van der Waals surface area contributed by atoms with Gasteiger partial charge < -0.3 is 15.2 Å². The number of hydrogen-bond donors (Lipinski definition) is 2. The Labute approximate surface area is 135 Å². The second kappa shape index (κ2) is 5.70. The van der Waals surface area contributed by atoms with E-state index in [0.717, 1.165) is 15.2 Å². The summed E-state index contributed by atoms with van der Waals surface area (Å²) >= 11 is 3.40. The Hall–Kier alpha value is -1.92. The lowest BCUT2D eigenvalue weighted by molar-refractivity contribution is -0.144. The van der Waals surface area contributed by atoms with E-state index in [4.69, 9.17) is 4.74 Å². The fraction of sp³-hybridized carbons (Fsp3) is 0.250. The highest BCUT2D eigenvalue weighted by Gasteiger charge is 2.44. The number of fused-ring (bicyclic) bond motifs is 1. The van der Waals surface area contributed by atoms with Crippen LogP contribution in [0.25, 0.3) is 10.8 Å². The molecule has 0 aliphatic carbocycles. The predicted molar refractivity (Wildman–Crippen MR) is 84.9 cm³/mol. The molecule has 1 heterocycles. The van der Waals surface area contributed by atoms with E-state index in [1.54, 1.807) is 12.1 Å². The third-order valence-corrected chi connectivity index (χ3v) is 4.34. The first-order valence-electron chi connectivity index (χ1n) is 6.83. The van der Waals surface area contributed by atoms with E-state index in [0.29, 0.717) is 12.2 Å². The van der Waals surface area contributed by atoms with E-state index in [-0.39, 0.29) is 13.0 Å². The number of aliphatic carboxylic acids is 1. The Morgan fingerprint density at radius 3 is 2.59 bits per heavy atom. The van der Waals surface area contributed by atoms with E-state index in [1.807, 2.05) is 24.3 Å². The molecule has 0 bridgehead atoms. The van der Waals surface area contributed by atoms with Crippen LogP contribution in [0.4, 0.5) is 0 Å². The van der Waals surface area contributed by atoms with E-state index >= 15 is 0 Å². The van der Waals surface area contributed by atoms with Gasteiger partial charge in [0.15, 0.2) is 5.54 Å². The first kappa shape index (κ1) is 15.0. The molecule has 1 fully saturated rings. The van der Waals surface area contributed by atoms with Gasteiger partial charge in [0.05, 0.1) is 6.61 Å². The summed E-state index contributed by atoms with van der Waals surface area (Å²) < 4.78 is 6.10. The van der Waals surface area contributed by atoms with Crippen molar-refractivity contribution in [2.75, 3.05) is 13.2 Å². The summed E-state index contributed by atoms with van der Waals surface area (Å²) in [5, 5.41) is 13.9. The molecule has 0 aromatic heterocycles. The van der Waals surface area contributed by atoms with Crippen LogP contribution in [0, 0.1) is 0 Å². The molecule has 5 nitrogen and oxygen atoms in total. The van der Waals surface area contributed by atoms with Crippen LogP contribution in [-0.2, 0) is 9.53 Å². The maximum Gasteiger partial charge on any atom is 0.331 e. The van der Waals surface area contributed by atoms with Crippen molar-refractivity contribution in [3.8, 4) is 0 Å². The minimum absolute atomic E-state index is 0.00536. The second-order valence-corrected chi connectivity index (χ2v) is 6.27. The highest BCUT2D eigenvalue weighted by atomic mass is 79.9. The normalized spacial score (nSPS) is 21.0.